The summed E-state index contributed by atoms with van der Waals surface area (Å²) in [7, 11) is 0. The van der Waals surface area contributed by atoms with Crippen molar-refractivity contribution in [3.05, 3.63) is 59.7 Å². The number of aryl methyl sites for hydroxylation is 2. The van der Waals surface area contributed by atoms with Crippen LogP contribution in [0.15, 0.2) is 48.6 Å². The van der Waals surface area contributed by atoms with Crippen molar-refractivity contribution in [2.45, 2.75) is 104 Å². The SMILES string of the molecule is CC(=O)Oc1cc(O)cc(CCCCCCCC=CCCCCCCCc2cc(O)cc(OC(C)=O)c2)c1. The third-order valence-electron chi connectivity index (χ3n) is 6.26. The summed E-state index contributed by atoms with van der Waals surface area (Å²) in [4.78, 5) is 22.2. The number of ether oxygens (including phenoxy) is 2. The first-order valence-electron chi connectivity index (χ1n) is 14.0. The van der Waals surface area contributed by atoms with Crippen LogP contribution >= 0.6 is 0 Å². The Morgan fingerprint density at radius 3 is 1.34 bits per heavy atom. The standard InChI is InChI=1S/C32H44O6/c1-25(33)37-31-21-27(19-29(35)23-31)17-15-13-11-9-7-5-3-4-6-8-10-12-14-16-18-28-20-30(36)24-32(22-28)38-26(2)34/h3-4,19-24,35-36H,5-18H2,1-2H3. The van der Waals surface area contributed by atoms with Gasteiger partial charge in [-0.25, -0.2) is 0 Å². The first-order chi connectivity index (χ1) is 18.3. The van der Waals surface area contributed by atoms with Crippen molar-refractivity contribution >= 4 is 11.9 Å². The van der Waals surface area contributed by atoms with Crippen molar-refractivity contribution in [3.63, 3.8) is 0 Å². The number of hydrogen-bond acceptors (Lipinski definition) is 6. The van der Waals surface area contributed by atoms with Crippen molar-refractivity contribution in [1.29, 1.82) is 0 Å². The minimum absolute atomic E-state index is 0.132. The van der Waals surface area contributed by atoms with Gasteiger partial charge in [0.05, 0.1) is 0 Å². The highest BCUT2D eigenvalue weighted by atomic mass is 16.5. The van der Waals surface area contributed by atoms with Crippen LogP contribution < -0.4 is 9.47 Å². The molecule has 0 bridgehead atoms. The van der Waals surface area contributed by atoms with Crippen LogP contribution in [0.5, 0.6) is 23.0 Å². The molecule has 0 fully saturated rings. The highest BCUT2D eigenvalue weighted by molar-refractivity contribution is 5.70. The zero-order valence-corrected chi connectivity index (χ0v) is 23.0. The Morgan fingerprint density at radius 2 is 0.947 bits per heavy atom. The fourth-order valence-corrected chi connectivity index (χ4v) is 4.50. The number of benzene rings is 2. The molecule has 38 heavy (non-hydrogen) atoms. The van der Waals surface area contributed by atoms with Crippen LogP contribution in [0.25, 0.3) is 0 Å². The van der Waals surface area contributed by atoms with E-state index in [1.807, 2.05) is 12.1 Å². The van der Waals surface area contributed by atoms with Gasteiger partial charge in [0.2, 0.25) is 0 Å². The molecule has 6 nitrogen and oxygen atoms in total. The molecule has 0 spiro atoms. The van der Waals surface area contributed by atoms with Gasteiger partial charge in [-0.15, -0.1) is 0 Å². The van der Waals surface area contributed by atoms with Gasteiger partial charge in [0.25, 0.3) is 0 Å². The van der Waals surface area contributed by atoms with Crippen LogP contribution in [-0.4, -0.2) is 22.2 Å². The van der Waals surface area contributed by atoms with Gasteiger partial charge in [0.15, 0.2) is 0 Å². The molecule has 2 aromatic carbocycles. The average Bonchev–Trinajstić information content (AvgIpc) is 2.82. The second kappa shape index (κ2) is 18.1. The fraction of sp³-hybridized carbons (Fsp3) is 0.500. The maximum atomic E-state index is 11.1. The predicted molar refractivity (Wildman–Crippen MR) is 151 cm³/mol. The van der Waals surface area contributed by atoms with E-state index in [-0.39, 0.29) is 23.4 Å². The number of allylic oxidation sites excluding steroid dienone is 2. The highest BCUT2D eigenvalue weighted by Crippen LogP contribution is 2.24. The molecule has 0 radical (unpaired) electrons. The predicted octanol–water partition coefficient (Wildman–Crippen LogP) is 7.97. The molecule has 2 N–H and O–H groups in total. The molecule has 0 aliphatic heterocycles. The van der Waals surface area contributed by atoms with E-state index in [4.69, 9.17) is 9.47 Å². The number of esters is 2. The quantitative estimate of drug-likeness (QED) is 0.0889. The van der Waals surface area contributed by atoms with Gasteiger partial charge in [-0.2, -0.15) is 0 Å². The summed E-state index contributed by atoms with van der Waals surface area (Å²) in [6.45, 7) is 2.71. The summed E-state index contributed by atoms with van der Waals surface area (Å²) in [5, 5.41) is 19.6. The monoisotopic (exact) mass is 524 g/mol. The molecule has 2 rings (SSSR count). The molecule has 0 aliphatic rings. The smallest absolute Gasteiger partial charge is 0.308 e. The molecular formula is C32H44O6. The van der Waals surface area contributed by atoms with E-state index in [9.17, 15) is 19.8 Å². The number of rotatable bonds is 18. The third kappa shape index (κ3) is 14.5. The van der Waals surface area contributed by atoms with Crippen molar-refractivity contribution in [2.75, 3.05) is 0 Å². The molecule has 2 aromatic rings. The van der Waals surface area contributed by atoms with Gasteiger partial charge in [0, 0.05) is 26.0 Å². The topological polar surface area (TPSA) is 93.1 Å². The average molecular weight is 525 g/mol. The van der Waals surface area contributed by atoms with E-state index in [0.717, 1.165) is 62.5 Å². The molecule has 6 heteroatoms. The normalized spacial score (nSPS) is 11.1. The number of unbranched alkanes of at least 4 members (excludes halogenated alkanes) is 10. The fourth-order valence-electron chi connectivity index (χ4n) is 4.50. The Labute approximate surface area is 227 Å². The minimum Gasteiger partial charge on any atom is -0.508 e. The zero-order valence-electron chi connectivity index (χ0n) is 23.0. The first-order valence-corrected chi connectivity index (χ1v) is 14.0. The molecule has 0 saturated carbocycles. The molecular weight excluding hydrogens is 480 g/mol. The van der Waals surface area contributed by atoms with E-state index in [2.05, 4.69) is 12.2 Å². The van der Waals surface area contributed by atoms with Gasteiger partial charge in [0.1, 0.15) is 23.0 Å². The Balaban J connectivity index is 1.42. The van der Waals surface area contributed by atoms with Gasteiger partial charge in [-0.1, -0.05) is 50.7 Å². The summed E-state index contributed by atoms with van der Waals surface area (Å²) >= 11 is 0. The third-order valence-corrected chi connectivity index (χ3v) is 6.26. The summed E-state index contributed by atoms with van der Waals surface area (Å²) < 4.78 is 10.1. The maximum absolute atomic E-state index is 11.1. The van der Waals surface area contributed by atoms with Gasteiger partial charge in [-0.3, -0.25) is 9.59 Å². The van der Waals surface area contributed by atoms with Crippen molar-refractivity contribution in [3.8, 4) is 23.0 Å². The summed E-state index contributed by atoms with van der Waals surface area (Å²) in [5.74, 6) is 0.308. The van der Waals surface area contributed by atoms with E-state index in [0.29, 0.717) is 11.5 Å². The van der Waals surface area contributed by atoms with Crippen LogP contribution in [0, 0.1) is 0 Å². The van der Waals surface area contributed by atoms with Gasteiger partial charge in [-0.05, 0) is 86.8 Å². The molecule has 0 aliphatic carbocycles. The van der Waals surface area contributed by atoms with Crippen molar-refractivity contribution in [2.24, 2.45) is 0 Å². The Bertz CT molecular complexity index is 945. The van der Waals surface area contributed by atoms with Crippen LogP contribution in [0.4, 0.5) is 0 Å². The Hall–Kier alpha value is -3.28. The largest absolute Gasteiger partial charge is 0.508 e. The Kier molecular flexibility index (Phi) is 14.7. The summed E-state index contributed by atoms with van der Waals surface area (Å²) in [6, 6.07) is 10.0. The van der Waals surface area contributed by atoms with Gasteiger partial charge < -0.3 is 19.7 Å². The molecule has 0 unspecified atom stereocenters. The minimum atomic E-state index is -0.382. The second-order valence-corrected chi connectivity index (χ2v) is 9.94. The van der Waals surface area contributed by atoms with Crippen molar-refractivity contribution in [1.82, 2.24) is 0 Å². The van der Waals surface area contributed by atoms with E-state index in [1.54, 1.807) is 12.1 Å². The molecule has 0 heterocycles. The first kappa shape index (κ1) is 30.9. The highest BCUT2D eigenvalue weighted by Gasteiger charge is 2.05. The van der Waals surface area contributed by atoms with Gasteiger partial charge >= 0.3 is 11.9 Å². The number of carbonyl (C=O) groups is 2. The maximum Gasteiger partial charge on any atom is 0.308 e. The molecule has 0 atom stereocenters. The van der Waals surface area contributed by atoms with Crippen LogP contribution in [-0.2, 0) is 22.4 Å². The lowest BCUT2D eigenvalue weighted by molar-refractivity contribution is -0.132. The number of phenols is 2. The molecule has 208 valence electrons. The molecule has 0 aromatic heterocycles. The summed E-state index contributed by atoms with van der Waals surface area (Å²) in [6.07, 6.45) is 20.4. The molecule has 0 amide bonds. The summed E-state index contributed by atoms with van der Waals surface area (Å²) in [5.41, 5.74) is 1.99. The van der Waals surface area contributed by atoms with E-state index < -0.39 is 0 Å². The van der Waals surface area contributed by atoms with Crippen molar-refractivity contribution < 1.29 is 29.3 Å². The number of hydrogen-bond donors (Lipinski definition) is 2. The lowest BCUT2D eigenvalue weighted by atomic mass is 10.0. The molecule has 0 saturated heterocycles. The number of aromatic hydroxyl groups is 2. The second-order valence-electron chi connectivity index (χ2n) is 9.94. The number of phenolic OH excluding ortho intramolecular Hbond substituents is 2. The van der Waals surface area contributed by atoms with Crippen LogP contribution in [0.1, 0.15) is 102 Å². The zero-order chi connectivity index (χ0) is 27.6. The van der Waals surface area contributed by atoms with Crippen LogP contribution in [0.2, 0.25) is 0 Å². The lowest BCUT2D eigenvalue weighted by Crippen LogP contribution is -2.01. The van der Waals surface area contributed by atoms with E-state index in [1.165, 1.54) is 64.5 Å². The Morgan fingerprint density at radius 1 is 0.579 bits per heavy atom. The number of carbonyl (C=O) groups excluding carboxylic acids is 2. The van der Waals surface area contributed by atoms with E-state index >= 15 is 0 Å². The van der Waals surface area contributed by atoms with Crippen LogP contribution in [0.3, 0.4) is 0 Å². The lowest BCUT2D eigenvalue weighted by Gasteiger charge is -2.07.